The minimum Gasteiger partial charge on any atom is -0.507 e. The molecule has 0 fully saturated rings. The van der Waals surface area contributed by atoms with E-state index in [0.29, 0.717) is 10.6 Å². The molecule has 28 heavy (non-hydrogen) atoms. The summed E-state index contributed by atoms with van der Waals surface area (Å²) >= 11 is 9.74. The van der Waals surface area contributed by atoms with Crippen LogP contribution in [0.1, 0.15) is 35.4 Å². The van der Waals surface area contributed by atoms with Crippen molar-refractivity contribution in [2.45, 2.75) is 18.7 Å². The van der Waals surface area contributed by atoms with Crippen LogP contribution in [-0.4, -0.2) is 15.8 Å². The third-order valence-electron chi connectivity index (χ3n) is 5.13. The van der Waals surface area contributed by atoms with Gasteiger partial charge in [0.15, 0.2) is 0 Å². The maximum Gasteiger partial charge on any atom is 0.217 e. The summed E-state index contributed by atoms with van der Waals surface area (Å²) in [6.45, 7) is 0. The number of nitrogens with zero attached hydrogens (tertiary/aromatic N) is 2. The molecule has 5 rings (SSSR count). The van der Waals surface area contributed by atoms with Crippen LogP contribution < -0.4 is 4.74 Å². The number of halogens is 2. The first-order valence-electron chi connectivity index (χ1n) is 8.96. The highest BCUT2D eigenvalue weighted by molar-refractivity contribution is 9.10. The van der Waals surface area contributed by atoms with Gasteiger partial charge in [-0.2, -0.15) is 5.10 Å². The highest BCUT2D eigenvalue weighted by Gasteiger charge is 2.41. The Kier molecular flexibility index (Phi) is 4.29. The van der Waals surface area contributed by atoms with Gasteiger partial charge in [0.05, 0.1) is 17.3 Å². The fraction of sp³-hybridized carbons (Fsp3) is 0.136. The number of phenols is 1. The first-order valence-corrected chi connectivity index (χ1v) is 10.1. The van der Waals surface area contributed by atoms with Crippen molar-refractivity contribution in [2.24, 2.45) is 5.10 Å². The number of hydrogen-bond donors (Lipinski definition) is 1. The first-order chi connectivity index (χ1) is 13.6. The average Bonchev–Trinajstić information content (AvgIpc) is 3.14. The minimum absolute atomic E-state index is 0.00861. The van der Waals surface area contributed by atoms with E-state index in [2.05, 4.69) is 28.1 Å². The van der Waals surface area contributed by atoms with Crippen molar-refractivity contribution >= 4 is 33.2 Å². The molecule has 0 radical (unpaired) electrons. The zero-order valence-corrected chi connectivity index (χ0v) is 17.1. The molecule has 0 bridgehead atoms. The van der Waals surface area contributed by atoms with Crippen LogP contribution >= 0.6 is 27.5 Å². The van der Waals surface area contributed by atoms with E-state index in [4.69, 9.17) is 21.4 Å². The van der Waals surface area contributed by atoms with E-state index in [0.717, 1.165) is 33.5 Å². The van der Waals surface area contributed by atoms with Gasteiger partial charge in [0.25, 0.3) is 0 Å². The van der Waals surface area contributed by atoms with Crippen LogP contribution in [0.25, 0.3) is 0 Å². The maximum absolute atomic E-state index is 10.4. The van der Waals surface area contributed by atoms with Crippen molar-refractivity contribution in [2.75, 3.05) is 0 Å². The molecule has 0 amide bonds. The number of rotatable bonds is 2. The minimum atomic E-state index is -0.507. The monoisotopic (exact) mass is 454 g/mol. The van der Waals surface area contributed by atoms with Crippen molar-refractivity contribution in [3.8, 4) is 11.5 Å². The summed E-state index contributed by atoms with van der Waals surface area (Å²) in [6, 6.07) is 21.0. The molecule has 140 valence electrons. The van der Waals surface area contributed by atoms with E-state index >= 15 is 0 Å². The number of hydrazone groups is 1. The molecule has 2 aliphatic rings. The van der Waals surface area contributed by atoms with Gasteiger partial charge in [-0.05, 0) is 48.0 Å². The van der Waals surface area contributed by atoms with Gasteiger partial charge in [-0.25, -0.2) is 5.01 Å². The lowest BCUT2D eigenvalue weighted by atomic mass is 9.96. The van der Waals surface area contributed by atoms with Gasteiger partial charge in [0.2, 0.25) is 6.23 Å². The molecule has 0 spiro atoms. The summed E-state index contributed by atoms with van der Waals surface area (Å²) in [5.41, 5.74) is 3.75. The van der Waals surface area contributed by atoms with Crippen molar-refractivity contribution < 1.29 is 9.84 Å². The number of fused-ring (bicyclic) bond motifs is 3. The summed E-state index contributed by atoms with van der Waals surface area (Å²) < 4.78 is 7.29. The molecule has 0 saturated carbocycles. The van der Waals surface area contributed by atoms with E-state index in [1.54, 1.807) is 12.1 Å². The number of phenolic OH excluding ortho intramolecular Hbond substituents is 1. The summed E-state index contributed by atoms with van der Waals surface area (Å²) in [7, 11) is 0. The quantitative estimate of drug-likeness (QED) is 0.511. The summed E-state index contributed by atoms with van der Waals surface area (Å²) in [5.74, 6) is 0.960. The molecular formula is C22H16BrClN2O2. The van der Waals surface area contributed by atoms with Crippen LogP contribution in [0.5, 0.6) is 11.5 Å². The number of benzene rings is 3. The van der Waals surface area contributed by atoms with Gasteiger partial charge in [0, 0.05) is 21.5 Å². The van der Waals surface area contributed by atoms with Crippen LogP contribution in [0.2, 0.25) is 5.02 Å². The van der Waals surface area contributed by atoms with Crippen LogP contribution in [0, 0.1) is 0 Å². The third kappa shape index (κ3) is 2.95. The fourth-order valence-electron chi connectivity index (χ4n) is 3.78. The van der Waals surface area contributed by atoms with Crippen LogP contribution in [0.3, 0.4) is 0 Å². The lowest BCUT2D eigenvalue weighted by Gasteiger charge is -2.38. The molecule has 3 aromatic carbocycles. The summed E-state index contributed by atoms with van der Waals surface area (Å²) in [5, 5.41) is 17.9. The molecule has 6 heteroatoms. The zero-order valence-electron chi connectivity index (χ0n) is 14.7. The Bertz CT molecular complexity index is 1080. The van der Waals surface area contributed by atoms with Crippen molar-refractivity contribution in [3.63, 3.8) is 0 Å². The molecule has 2 heterocycles. The molecule has 1 N–H and O–H groups in total. The standard InChI is InChI=1S/C22H16BrClN2O2/c23-14-7-5-13(6-8-14)18-12-19-17-11-15(24)9-10-21(17)28-22(26(19)25-18)16-3-1-2-4-20(16)27/h1-11,19,22,27H,12H2/t19-,22+/m0/s1. The van der Waals surface area contributed by atoms with E-state index < -0.39 is 6.23 Å². The molecule has 0 aliphatic carbocycles. The Balaban J connectivity index is 1.62. The molecule has 0 saturated heterocycles. The highest BCUT2D eigenvalue weighted by atomic mass is 79.9. The first kappa shape index (κ1) is 17.6. The van der Waals surface area contributed by atoms with Crippen molar-refractivity contribution in [1.82, 2.24) is 5.01 Å². The van der Waals surface area contributed by atoms with Crippen LogP contribution in [-0.2, 0) is 0 Å². The number of hydrogen-bond acceptors (Lipinski definition) is 4. The molecule has 0 unspecified atom stereocenters. The lowest BCUT2D eigenvalue weighted by Crippen LogP contribution is -2.33. The molecule has 2 atom stereocenters. The summed E-state index contributed by atoms with van der Waals surface area (Å²) in [4.78, 5) is 0. The van der Waals surface area contributed by atoms with Gasteiger partial charge in [0.1, 0.15) is 11.5 Å². The van der Waals surface area contributed by atoms with Crippen LogP contribution in [0.15, 0.2) is 76.3 Å². The zero-order chi connectivity index (χ0) is 19.3. The predicted molar refractivity (Wildman–Crippen MR) is 113 cm³/mol. The Morgan fingerprint density at radius 2 is 1.82 bits per heavy atom. The Morgan fingerprint density at radius 1 is 1.04 bits per heavy atom. The maximum atomic E-state index is 10.4. The lowest BCUT2D eigenvalue weighted by molar-refractivity contribution is -0.0203. The number of para-hydroxylation sites is 1. The topological polar surface area (TPSA) is 45.1 Å². The second-order valence-corrected chi connectivity index (χ2v) is 8.22. The van der Waals surface area contributed by atoms with Gasteiger partial charge in [-0.3, -0.25) is 0 Å². The largest absolute Gasteiger partial charge is 0.507 e. The van der Waals surface area contributed by atoms with Crippen molar-refractivity contribution in [3.05, 3.63) is 92.9 Å². The second-order valence-electron chi connectivity index (χ2n) is 6.86. The van der Waals surface area contributed by atoms with Gasteiger partial charge >= 0.3 is 0 Å². The summed E-state index contributed by atoms with van der Waals surface area (Å²) in [6.07, 6.45) is 0.232. The third-order valence-corrected chi connectivity index (χ3v) is 5.90. The number of aromatic hydroxyl groups is 1. The second kappa shape index (κ2) is 6.83. The van der Waals surface area contributed by atoms with Crippen LogP contribution in [0.4, 0.5) is 0 Å². The number of ether oxygens (including phenoxy) is 1. The van der Waals surface area contributed by atoms with Crippen molar-refractivity contribution in [1.29, 1.82) is 0 Å². The SMILES string of the molecule is Oc1ccccc1[C@H]1Oc2ccc(Cl)cc2[C@@H]2CC(c3ccc(Br)cc3)=NN12. The van der Waals surface area contributed by atoms with E-state index in [-0.39, 0.29) is 11.8 Å². The molecule has 0 aromatic heterocycles. The predicted octanol–water partition coefficient (Wildman–Crippen LogP) is 6.05. The normalized spacial score (nSPS) is 20.2. The van der Waals surface area contributed by atoms with Gasteiger partial charge in [-0.15, -0.1) is 0 Å². The Labute approximate surface area is 176 Å². The van der Waals surface area contributed by atoms with E-state index in [1.807, 2.05) is 47.5 Å². The van der Waals surface area contributed by atoms with E-state index in [1.165, 1.54) is 0 Å². The van der Waals surface area contributed by atoms with Gasteiger partial charge < -0.3 is 9.84 Å². The van der Waals surface area contributed by atoms with E-state index in [9.17, 15) is 5.11 Å². The molecule has 3 aromatic rings. The Morgan fingerprint density at radius 3 is 2.61 bits per heavy atom. The molecular weight excluding hydrogens is 440 g/mol. The fourth-order valence-corrected chi connectivity index (χ4v) is 4.22. The molecule has 4 nitrogen and oxygen atoms in total. The smallest absolute Gasteiger partial charge is 0.217 e. The average molecular weight is 456 g/mol. The van der Waals surface area contributed by atoms with Gasteiger partial charge in [-0.1, -0.05) is 51.8 Å². The molecule has 2 aliphatic heterocycles. The highest BCUT2D eigenvalue weighted by Crippen LogP contribution is 2.49. The Hall–Kier alpha value is -2.50.